The summed E-state index contributed by atoms with van der Waals surface area (Å²) in [6, 6.07) is 10.2. The van der Waals surface area contributed by atoms with Gasteiger partial charge in [0.05, 0.1) is 0 Å². The summed E-state index contributed by atoms with van der Waals surface area (Å²) in [4.78, 5) is 18.2. The van der Waals surface area contributed by atoms with Crippen LogP contribution in [0.3, 0.4) is 0 Å². The second-order valence-electron chi connectivity index (χ2n) is 5.77. The van der Waals surface area contributed by atoms with Crippen LogP contribution in [0.25, 0.3) is 0 Å². The molecule has 0 aliphatic heterocycles. The van der Waals surface area contributed by atoms with Gasteiger partial charge in [0.15, 0.2) is 5.82 Å². The first-order valence-corrected chi connectivity index (χ1v) is 7.89. The molecule has 0 spiro atoms. The third-order valence-corrected chi connectivity index (χ3v) is 3.52. The van der Waals surface area contributed by atoms with Crippen LogP contribution in [0.1, 0.15) is 31.5 Å². The van der Waals surface area contributed by atoms with Gasteiger partial charge in [0.2, 0.25) is 11.8 Å². The van der Waals surface area contributed by atoms with Crippen LogP contribution in [0.5, 0.6) is 0 Å². The van der Waals surface area contributed by atoms with Gasteiger partial charge in [-0.25, -0.2) is 0 Å². The van der Waals surface area contributed by atoms with Crippen molar-refractivity contribution < 1.29 is 9.32 Å². The smallest absolute Gasteiger partial charge is 0.226 e. The summed E-state index contributed by atoms with van der Waals surface area (Å²) in [5, 5.41) is 6.76. The van der Waals surface area contributed by atoms with Crippen LogP contribution in [-0.2, 0) is 11.2 Å². The maximum Gasteiger partial charge on any atom is 0.226 e. The molecule has 2 aromatic rings. The van der Waals surface area contributed by atoms with Crippen molar-refractivity contribution in [3.05, 3.63) is 42.0 Å². The Morgan fingerprint density at radius 2 is 2.09 bits per heavy atom. The number of hydrogen-bond donors (Lipinski definition) is 1. The summed E-state index contributed by atoms with van der Waals surface area (Å²) in [5.74, 6) is 1.27. The molecular formula is C17H24N4O2. The highest BCUT2D eigenvalue weighted by atomic mass is 16.5. The Morgan fingerprint density at radius 1 is 1.35 bits per heavy atom. The minimum absolute atomic E-state index is 0.0511. The van der Waals surface area contributed by atoms with E-state index in [-0.39, 0.29) is 11.9 Å². The number of hydrogen-bond acceptors (Lipinski definition) is 5. The fourth-order valence-corrected chi connectivity index (χ4v) is 2.43. The van der Waals surface area contributed by atoms with E-state index in [1.54, 1.807) is 6.92 Å². The van der Waals surface area contributed by atoms with E-state index in [0.717, 1.165) is 12.2 Å². The summed E-state index contributed by atoms with van der Waals surface area (Å²) in [6.07, 6.45) is 1.79. The Bertz CT molecular complexity index is 612. The highest BCUT2D eigenvalue weighted by molar-refractivity contribution is 5.76. The molecule has 0 unspecified atom stereocenters. The number of para-hydroxylation sites is 1. The van der Waals surface area contributed by atoms with Gasteiger partial charge in [0.25, 0.3) is 0 Å². The minimum Gasteiger partial charge on any atom is -0.373 e. The number of benzene rings is 1. The molecule has 0 saturated heterocycles. The Kier molecular flexibility index (Phi) is 6.14. The lowest BCUT2D eigenvalue weighted by Gasteiger charge is -2.24. The van der Waals surface area contributed by atoms with E-state index in [1.807, 2.05) is 32.2 Å². The molecule has 0 fully saturated rings. The zero-order chi connectivity index (χ0) is 16.7. The van der Waals surface area contributed by atoms with Gasteiger partial charge in [0, 0.05) is 38.2 Å². The average Bonchev–Trinajstić information content (AvgIpc) is 2.93. The van der Waals surface area contributed by atoms with Gasteiger partial charge in [-0.3, -0.25) is 4.79 Å². The van der Waals surface area contributed by atoms with E-state index >= 15 is 0 Å². The highest BCUT2D eigenvalue weighted by Crippen LogP contribution is 2.11. The second kappa shape index (κ2) is 8.31. The molecular weight excluding hydrogens is 292 g/mol. The van der Waals surface area contributed by atoms with Crippen LogP contribution in [0, 0.1) is 6.92 Å². The van der Waals surface area contributed by atoms with Gasteiger partial charge < -0.3 is 14.7 Å². The van der Waals surface area contributed by atoms with Crippen molar-refractivity contribution in [2.24, 2.45) is 0 Å². The number of likely N-dealkylation sites (N-methyl/N-ethyl adjacent to an activating group) is 1. The number of amides is 1. The van der Waals surface area contributed by atoms with Crippen LogP contribution in [-0.4, -0.2) is 35.7 Å². The van der Waals surface area contributed by atoms with Crippen molar-refractivity contribution in [2.45, 2.75) is 39.2 Å². The number of aryl methyl sites for hydroxylation is 2. The van der Waals surface area contributed by atoms with Gasteiger partial charge in [-0.1, -0.05) is 23.4 Å². The third kappa shape index (κ3) is 5.73. The fraction of sp³-hybridized carbons (Fsp3) is 0.471. The standard InChI is InChI=1S/C17H24N4O2/c1-13(12-21(3)15-8-5-4-6-9-15)18-16(22)10-7-11-17-19-14(2)20-23-17/h4-6,8-9,13H,7,10-12H2,1-3H3,(H,18,22)/t13-/m0/s1. The second-order valence-corrected chi connectivity index (χ2v) is 5.77. The molecule has 1 N–H and O–H groups in total. The van der Waals surface area contributed by atoms with E-state index < -0.39 is 0 Å². The summed E-state index contributed by atoms with van der Waals surface area (Å²) in [7, 11) is 2.02. The number of aromatic nitrogens is 2. The lowest BCUT2D eigenvalue weighted by atomic mass is 10.2. The summed E-state index contributed by atoms with van der Waals surface area (Å²) >= 11 is 0. The van der Waals surface area contributed by atoms with Crippen LogP contribution in [0.2, 0.25) is 0 Å². The SMILES string of the molecule is Cc1noc(CCCC(=O)N[C@@H](C)CN(C)c2ccccc2)n1. The van der Waals surface area contributed by atoms with Crippen molar-refractivity contribution >= 4 is 11.6 Å². The predicted octanol–water partition coefficient (Wildman–Crippen LogP) is 2.34. The van der Waals surface area contributed by atoms with Gasteiger partial charge in [-0.05, 0) is 32.4 Å². The van der Waals surface area contributed by atoms with Crippen LogP contribution in [0.4, 0.5) is 5.69 Å². The van der Waals surface area contributed by atoms with E-state index in [0.29, 0.717) is 31.0 Å². The van der Waals surface area contributed by atoms with Crippen molar-refractivity contribution in [2.75, 3.05) is 18.5 Å². The maximum absolute atomic E-state index is 12.0. The molecule has 1 heterocycles. The van der Waals surface area contributed by atoms with Crippen molar-refractivity contribution in [1.82, 2.24) is 15.5 Å². The molecule has 1 aromatic carbocycles. The zero-order valence-electron chi connectivity index (χ0n) is 14.0. The van der Waals surface area contributed by atoms with E-state index in [4.69, 9.17) is 4.52 Å². The number of carbonyl (C=O) groups is 1. The molecule has 0 radical (unpaired) electrons. The maximum atomic E-state index is 12.0. The van der Waals surface area contributed by atoms with Crippen molar-refractivity contribution in [3.63, 3.8) is 0 Å². The molecule has 1 atom stereocenters. The Morgan fingerprint density at radius 3 is 2.74 bits per heavy atom. The summed E-state index contributed by atoms with van der Waals surface area (Å²) < 4.78 is 5.03. The zero-order valence-corrected chi connectivity index (χ0v) is 14.0. The molecule has 6 nitrogen and oxygen atoms in total. The first-order chi connectivity index (χ1) is 11.0. The monoisotopic (exact) mass is 316 g/mol. The fourth-order valence-electron chi connectivity index (χ4n) is 2.43. The van der Waals surface area contributed by atoms with Gasteiger partial charge in [0.1, 0.15) is 0 Å². The molecule has 2 rings (SSSR count). The molecule has 23 heavy (non-hydrogen) atoms. The Hall–Kier alpha value is -2.37. The molecule has 0 aliphatic carbocycles. The van der Waals surface area contributed by atoms with Crippen molar-refractivity contribution in [3.8, 4) is 0 Å². The largest absolute Gasteiger partial charge is 0.373 e. The van der Waals surface area contributed by atoms with Crippen LogP contribution in [0.15, 0.2) is 34.9 Å². The van der Waals surface area contributed by atoms with E-state index in [1.165, 1.54) is 0 Å². The molecule has 1 aromatic heterocycles. The predicted molar refractivity (Wildman–Crippen MR) is 89.3 cm³/mol. The molecule has 0 aliphatic rings. The first-order valence-electron chi connectivity index (χ1n) is 7.89. The van der Waals surface area contributed by atoms with Gasteiger partial charge in [-0.2, -0.15) is 4.98 Å². The van der Waals surface area contributed by atoms with E-state index in [9.17, 15) is 4.79 Å². The number of nitrogens with zero attached hydrogens (tertiary/aromatic N) is 3. The van der Waals surface area contributed by atoms with Crippen LogP contribution < -0.4 is 10.2 Å². The summed E-state index contributed by atoms with van der Waals surface area (Å²) in [5.41, 5.74) is 1.14. The van der Waals surface area contributed by atoms with Crippen molar-refractivity contribution in [1.29, 1.82) is 0 Å². The molecule has 6 heteroatoms. The Labute approximate surface area is 136 Å². The Balaban J connectivity index is 1.68. The average molecular weight is 316 g/mol. The first kappa shape index (κ1) is 17.0. The third-order valence-electron chi connectivity index (χ3n) is 3.52. The van der Waals surface area contributed by atoms with Gasteiger partial charge in [-0.15, -0.1) is 0 Å². The van der Waals surface area contributed by atoms with E-state index in [2.05, 4.69) is 32.5 Å². The van der Waals surface area contributed by atoms with Gasteiger partial charge >= 0.3 is 0 Å². The lowest BCUT2D eigenvalue weighted by Crippen LogP contribution is -2.40. The normalized spacial score (nSPS) is 12.0. The summed E-state index contributed by atoms with van der Waals surface area (Å²) in [6.45, 7) is 4.56. The molecule has 124 valence electrons. The minimum atomic E-state index is 0.0511. The number of anilines is 1. The number of carbonyl (C=O) groups excluding carboxylic acids is 1. The number of nitrogens with one attached hydrogen (secondary N) is 1. The van der Waals surface area contributed by atoms with Crippen LogP contribution >= 0.6 is 0 Å². The number of rotatable bonds is 8. The lowest BCUT2D eigenvalue weighted by molar-refractivity contribution is -0.121. The topological polar surface area (TPSA) is 71.3 Å². The molecule has 0 saturated carbocycles. The quantitative estimate of drug-likeness (QED) is 0.809. The highest BCUT2D eigenvalue weighted by Gasteiger charge is 2.11. The molecule has 1 amide bonds. The molecule has 0 bridgehead atoms.